The minimum Gasteiger partial charge on any atom is -0.454 e. The molecular weight excluding hydrogens is 719 g/mol. The van der Waals surface area contributed by atoms with Crippen LogP contribution in [-0.2, 0) is 5.41 Å². The molecule has 1 aliphatic carbocycles. The molecule has 5 heterocycles. The Hall–Kier alpha value is -6.82. The van der Waals surface area contributed by atoms with Crippen LogP contribution in [0.3, 0.4) is 0 Å². The molecule has 10 aromatic rings. The Morgan fingerprint density at radius 1 is 0.552 bits per heavy atom. The second kappa shape index (κ2) is 10.6. The molecule has 0 radical (unpaired) electrons. The van der Waals surface area contributed by atoms with Crippen LogP contribution in [0.2, 0.25) is 0 Å². The SMILES string of the molecule is CC1(C)c2ccccc2-c2c1n1c3c(cccc23)-c2cc3c(oc4ccccc43)c3c2B1c1cccc2c1N3c1ccccc1[Si]2(c1ccccc1)c1ccccc1. The first-order valence-electron chi connectivity index (χ1n) is 20.5. The summed E-state index contributed by atoms with van der Waals surface area (Å²) in [5, 5.41) is 9.26. The Bertz CT molecular complexity index is 3410. The van der Waals surface area contributed by atoms with E-state index in [1.165, 1.54) is 93.1 Å². The van der Waals surface area contributed by atoms with Gasteiger partial charge >= 0.3 is 6.85 Å². The van der Waals surface area contributed by atoms with Crippen molar-refractivity contribution in [1.82, 2.24) is 4.48 Å². The fourth-order valence-corrected chi connectivity index (χ4v) is 17.2. The van der Waals surface area contributed by atoms with Gasteiger partial charge in [0, 0.05) is 55.3 Å². The smallest absolute Gasteiger partial charge is 0.333 e. The minimum atomic E-state index is -2.89. The van der Waals surface area contributed by atoms with Crippen molar-refractivity contribution in [2.24, 2.45) is 0 Å². The summed E-state index contributed by atoms with van der Waals surface area (Å²) in [7, 11) is -2.89. The molecule has 0 N–H and O–H groups in total. The van der Waals surface area contributed by atoms with Crippen molar-refractivity contribution in [3.05, 3.63) is 187 Å². The Morgan fingerprint density at radius 2 is 1.21 bits per heavy atom. The molecule has 5 heteroatoms. The molecule has 3 aliphatic heterocycles. The zero-order valence-electron chi connectivity index (χ0n) is 32.1. The lowest BCUT2D eigenvalue weighted by Crippen LogP contribution is -2.78. The number of hydrogen-bond donors (Lipinski definition) is 0. The molecule has 270 valence electrons. The lowest BCUT2D eigenvalue weighted by Gasteiger charge is -2.49. The number of rotatable bonds is 2. The largest absolute Gasteiger partial charge is 0.454 e. The summed E-state index contributed by atoms with van der Waals surface area (Å²) >= 11 is 0. The van der Waals surface area contributed by atoms with Crippen molar-refractivity contribution < 1.29 is 4.42 Å². The van der Waals surface area contributed by atoms with Crippen LogP contribution in [-0.4, -0.2) is 19.4 Å². The van der Waals surface area contributed by atoms with Crippen LogP contribution >= 0.6 is 0 Å². The number of aromatic nitrogens is 1. The van der Waals surface area contributed by atoms with Crippen molar-refractivity contribution in [2.45, 2.75) is 19.3 Å². The van der Waals surface area contributed by atoms with Gasteiger partial charge in [-0.2, -0.15) is 0 Å². The van der Waals surface area contributed by atoms with Crippen molar-refractivity contribution in [1.29, 1.82) is 0 Å². The average Bonchev–Trinajstić information content (AvgIpc) is 3.90. The quantitative estimate of drug-likeness (QED) is 0.165. The van der Waals surface area contributed by atoms with Gasteiger partial charge in [-0.25, -0.2) is 0 Å². The maximum absolute atomic E-state index is 7.16. The molecular formula is C53H35BN2OSi. The first-order chi connectivity index (χ1) is 28.6. The van der Waals surface area contributed by atoms with E-state index in [0.717, 1.165) is 21.9 Å². The monoisotopic (exact) mass is 754 g/mol. The molecule has 0 atom stereocenters. The van der Waals surface area contributed by atoms with Gasteiger partial charge in [-0.15, -0.1) is 0 Å². The normalized spacial score (nSPS) is 15.6. The minimum absolute atomic E-state index is 0.0768. The molecule has 8 aromatic carbocycles. The highest BCUT2D eigenvalue weighted by atomic mass is 28.3. The van der Waals surface area contributed by atoms with E-state index in [4.69, 9.17) is 4.42 Å². The second-order valence-electron chi connectivity index (χ2n) is 17.1. The summed E-state index contributed by atoms with van der Waals surface area (Å²) in [6, 6.07) is 66.5. The number of furan rings is 1. The number of hydrogen-bond acceptors (Lipinski definition) is 2. The number of benzene rings is 8. The van der Waals surface area contributed by atoms with Crippen LogP contribution in [0, 0.1) is 0 Å². The molecule has 4 aliphatic rings. The zero-order chi connectivity index (χ0) is 38.1. The summed E-state index contributed by atoms with van der Waals surface area (Å²) in [5.74, 6) is 0. The Kier molecular flexibility index (Phi) is 5.70. The van der Waals surface area contributed by atoms with Crippen molar-refractivity contribution in [3.8, 4) is 22.3 Å². The summed E-state index contributed by atoms with van der Waals surface area (Å²) in [6.07, 6.45) is 0. The molecule has 3 nitrogen and oxygen atoms in total. The lowest BCUT2D eigenvalue weighted by atomic mass is 9.44. The fraction of sp³-hybridized carbons (Fsp3) is 0.0566. The maximum Gasteiger partial charge on any atom is 0.333 e. The molecule has 2 aromatic heterocycles. The van der Waals surface area contributed by atoms with Crippen LogP contribution in [0.15, 0.2) is 180 Å². The topological polar surface area (TPSA) is 21.3 Å². The molecule has 14 rings (SSSR count). The number of fused-ring (bicyclic) bond motifs is 15. The zero-order valence-corrected chi connectivity index (χ0v) is 33.1. The molecule has 0 amide bonds. The van der Waals surface area contributed by atoms with Crippen LogP contribution in [0.5, 0.6) is 0 Å². The summed E-state index contributed by atoms with van der Waals surface area (Å²) < 4.78 is 9.94. The predicted octanol–water partition coefficient (Wildman–Crippen LogP) is 8.96. The number of anilines is 3. The fourth-order valence-electron chi connectivity index (χ4n) is 12.1. The van der Waals surface area contributed by atoms with E-state index >= 15 is 0 Å². The van der Waals surface area contributed by atoms with Crippen LogP contribution in [0.25, 0.3) is 55.1 Å². The third kappa shape index (κ3) is 3.44. The van der Waals surface area contributed by atoms with E-state index in [2.05, 4.69) is 199 Å². The van der Waals surface area contributed by atoms with Gasteiger partial charge in [0.15, 0.2) is 13.7 Å². The molecule has 0 bridgehead atoms. The highest BCUT2D eigenvalue weighted by Gasteiger charge is 2.55. The van der Waals surface area contributed by atoms with Gasteiger partial charge in [-0.05, 0) is 66.6 Å². The van der Waals surface area contributed by atoms with E-state index in [1.54, 1.807) is 0 Å². The van der Waals surface area contributed by atoms with Crippen molar-refractivity contribution in [3.63, 3.8) is 0 Å². The number of para-hydroxylation sites is 4. The molecule has 0 saturated carbocycles. The van der Waals surface area contributed by atoms with Crippen LogP contribution in [0.4, 0.5) is 17.1 Å². The second-order valence-corrected chi connectivity index (χ2v) is 20.8. The van der Waals surface area contributed by atoms with Crippen molar-refractivity contribution >= 4 is 96.5 Å². The maximum atomic E-state index is 7.16. The first kappa shape index (κ1) is 31.3. The van der Waals surface area contributed by atoms with E-state index in [-0.39, 0.29) is 12.3 Å². The molecule has 0 spiro atoms. The summed E-state index contributed by atoms with van der Waals surface area (Å²) in [6.45, 7) is 4.80. The van der Waals surface area contributed by atoms with Gasteiger partial charge in [-0.3, -0.25) is 0 Å². The summed E-state index contributed by atoms with van der Waals surface area (Å²) in [5.41, 5.74) is 17.5. The van der Waals surface area contributed by atoms with Gasteiger partial charge in [0.1, 0.15) is 5.58 Å². The number of nitrogens with zero attached hydrogens (tertiary/aromatic N) is 2. The van der Waals surface area contributed by atoms with Crippen molar-refractivity contribution in [2.75, 3.05) is 4.90 Å². The van der Waals surface area contributed by atoms with Gasteiger partial charge in [0.25, 0.3) is 0 Å². The summed E-state index contributed by atoms with van der Waals surface area (Å²) in [4.78, 5) is 2.63. The third-order valence-corrected chi connectivity index (χ3v) is 19.0. The van der Waals surface area contributed by atoms with E-state index in [0.29, 0.717) is 0 Å². The van der Waals surface area contributed by atoms with Gasteiger partial charge in [-0.1, -0.05) is 172 Å². The van der Waals surface area contributed by atoms with Gasteiger partial charge in [0.2, 0.25) is 0 Å². The van der Waals surface area contributed by atoms with Gasteiger partial charge < -0.3 is 13.8 Å². The highest BCUT2D eigenvalue weighted by molar-refractivity contribution is 7.21. The Labute approximate surface area is 337 Å². The first-order valence-corrected chi connectivity index (χ1v) is 22.5. The van der Waals surface area contributed by atoms with E-state index in [9.17, 15) is 0 Å². The molecule has 0 unspecified atom stereocenters. The predicted molar refractivity (Wildman–Crippen MR) is 244 cm³/mol. The third-order valence-electron chi connectivity index (χ3n) is 14.2. The van der Waals surface area contributed by atoms with Crippen LogP contribution < -0.4 is 36.6 Å². The average molecular weight is 755 g/mol. The molecule has 0 saturated heterocycles. The Balaban J connectivity index is 1.22. The molecule has 58 heavy (non-hydrogen) atoms. The van der Waals surface area contributed by atoms with E-state index < -0.39 is 8.07 Å². The Morgan fingerprint density at radius 3 is 2.03 bits per heavy atom. The van der Waals surface area contributed by atoms with E-state index in [1.807, 2.05) is 0 Å². The van der Waals surface area contributed by atoms with Gasteiger partial charge in [0.05, 0.1) is 5.69 Å². The molecule has 0 fully saturated rings. The van der Waals surface area contributed by atoms with Crippen LogP contribution in [0.1, 0.15) is 25.1 Å². The standard InChI is InChI=1S/C53H35BN2OSi/c1-53(2)40-25-11-9-22-36(40)46-37-24-15-23-35-38-31-39-34-21-10-13-28-43(34)57-51(39)50-47(38)54(56(48(35)37)52(46)53)41-26-16-30-45-49(41)55(50)42-27-12-14-29-44(42)58(45,32-17-5-3-6-18-32)33-19-7-4-8-20-33/h3-31H,1-2H3. The lowest BCUT2D eigenvalue weighted by molar-refractivity contribution is 0.632. The highest BCUT2D eigenvalue weighted by Crippen LogP contribution is 2.56.